The lowest BCUT2D eigenvalue weighted by molar-refractivity contribution is -0.0433. The number of nitrogens with zero attached hydrogens (tertiary/aromatic N) is 4. The van der Waals surface area contributed by atoms with Gasteiger partial charge >= 0.3 is 6.03 Å². The normalized spacial score (nSPS) is 21.8. The summed E-state index contributed by atoms with van der Waals surface area (Å²) in [6, 6.07) is 7.84. The van der Waals surface area contributed by atoms with Crippen molar-refractivity contribution < 1.29 is 9.53 Å². The number of carbonyl (C=O) groups excluding carboxylic acids is 1. The van der Waals surface area contributed by atoms with E-state index in [1.54, 1.807) is 6.33 Å². The Kier molecular flexibility index (Phi) is 5.03. The molecule has 1 fully saturated rings. The molecule has 2 heterocycles. The molecule has 1 aliphatic rings. The number of hydrogen-bond acceptors (Lipinski definition) is 4. The van der Waals surface area contributed by atoms with Crippen LogP contribution in [-0.4, -0.2) is 44.9 Å². The Morgan fingerprint density at radius 3 is 2.84 bits per heavy atom. The Balaban J connectivity index is 1.70. The summed E-state index contributed by atoms with van der Waals surface area (Å²) >= 11 is 0. The zero-order valence-electron chi connectivity index (χ0n) is 15.1. The van der Waals surface area contributed by atoms with Crippen molar-refractivity contribution in [3.63, 3.8) is 0 Å². The highest BCUT2D eigenvalue weighted by Crippen LogP contribution is 2.27. The van der Waals surface area contributed by atoms with Crippen molar-refractivity contribution in [2.45, 2.75) is 39.0 Å². The first-order valence-corrected chi connectivity index (χ1v) is 8.55. The molecule has 2 amide bonds. The van der Waals surface area contributed by atoms with Gasteiger partial charge in [-0.05, 0) is 31.9 Å². The molecule has 0 saturated carbocycles. The summed E-state index contributed by atoms with van der Waals surface area (Å²) in [7, 11) is 1.86. The maximum atomic E-state index is 12.8. The van der Waals surface area contributed by atoms with E-state index in [4.69, 9.17) is 4.74 Å². The van der Waals surface area contributed by atoms with Gasteiger partial charge in [0.2, 0.25) is 0 Å². The molecule has 0 spiro atoms. The smallest absolute Gasteiger partial charge is 0.318 e. The molecule has 1 aromatic carbocycles. The van der Waals surface area contributed by atoms with Gasteiger partial charge in [-0.1, -0.05) is 24.3 Å². The molecule has 1 aromatic heterocycles. The minimum atomic E-state index is -0.216. The van der Waals surface area contributed by atoms with E-state index in [9.17, 15) is 4.79 Å². The van der Waals surface area contributed by atoms with Gasteiger partial charge in [0.25, 0.3) is 0 Å². The minimum Gasteiger partial charge on any atom is -0.370 e. The number of aryl methyl sites for hydroxylation is 2. The topological polar surface area (TPSA) is 72.3 Å². The van der Waals surface area contributed by atoms with Crippen molar-refractivity contribution in [3.8, 4) is 0 Å². The van der Waals surface area contributed by atoms with Crippen LogP contribution in [0.15, 0.2) is 30.6 Å². The first-order valence-electron chi connectivity index (χ1n) is 8.55. The molecule has 0 unspecified atom stereocenters. The number of rotatable bonds is 3. The van der Waals surface area contributed by atoms with E-state index in [2.05, 4.69) is 34.6 Å². The summed E-state index contributed by atoms with van der Waals surface area (Å²) in [5.74, 6) is 0.727. The van der Waals surface area contributed by atoms with Crippen LogP contribution in [0.25, 0.3) is 0 Å². The predicted molar refractivity (Wildman–Crippen MR) is 94.0 cm³/mol. The average molecular weight is 343 g/mol. The van der Waals surface area contributed by atoms with Crippen molar-refractivity contribution in [1.82, 2.24) is 25.0 Å². The molecule has 7 heteroatoms. The van der Waals surface area contributed by atoms with Crippen molar-refractivity contribution >= 4 is 6.03 Å². The van der Waals surface area contributed by atoms with Gasteiger partial charge in [-0.25, -0.2) is 4.79 Å². The summed E-state index contributed by atoms with van der Waals surface area (Å²) in [5, 5.41) is 10.9. The summed E-state index contributed by atoms with van der Waals surface area (Å²) in [5.41, 5.74) is 2.31. The van der Waals surface area contributed by atoms with Crippen LogP contribution in [0.1, 0.15) is 42.9 Å². The second-order valence-electron chi connectivity index (χ2n) is 6.65. The molecule has 3 atom stereocenters. The number of aromatic nitrogens is 3. The monoisotopic (exact) mass is 343 g/mol. The van der Waals surface area contributed by atoms with E-state index in [0.29, 0.717) is 13.2 Å². The number of nitrogens with one attached hydrogen (secondary N) is 1. The molecule has 25 heavy (non-hydrogen) atoms. The van der Waals surface area contributed by atoms with Gasteiger partial charge in [0.15, 0.2) is 5.82 Å². The largest absolute Gasteiger partial charge is 0.370 e. The Morgan fingerprint density at radius 2 is 2.16 bits per heavy atom. The molecule has 1 aliphatic heterocycles. The van der Waals surface area contributed by atoms with Crippen molar-refractivity contribution in [1.29, 1.82) is 0 Å². The van der Waals surface area contributed by atoms with E-state index in [1.807, 2.05) is 42.5 Å². The van der Waals surface area contributed by atoms with E-state index in [0.717, 1.165) is 11.4 Å². The van der Waals surface area contributed by atoms with Crippen LogP contribution < -0.4 is 5.32 Å². The molecule has 0 aliphatic carbocycles. The van der Waals surface area contributed by atoms with Gasteiger partial charge < -0.3 is 19.5 Å². The van der Waals surface area contributed by atoms with E-state index in [-0.39, 0.29) is 24.2 Å². The Bertz CT molecular complexity index is 745. The van der Waals surface area contributed by atoms with Gasteiger partial charge in [0.1, 0.15) is 12.4 Å². The van der Waals surface area contributed by atoms with Crippen LogP contribution in [0.5, 0.6) is 0 Å². The number of urea groups is 1. The van der Waals surface area contributed by atoms with Crippen molar-refractivity contribution in [2.24, 2.45) is 7.05 Å². The molecule has 2 aromatic rings. The number of benzene rings is 1. The molecular weight excluding hydrogens is 318 g/mol. The fraction of sp³-hybridized carbons (Fsp3) is 0.500. The lowest BCUT2D eigenvalue weighted by Crippen LogP contribution is -2.52. The SMILES string of the molecule is Cc1ccccc1[C@@H]1CN(C(=O)N[C@@H](C)c2nncn2C)[C@@H](C)CO1. The van der Waals surface area contributed by atoms with E-state index in [1.165, 1.54) is 5.56 Å². The maximum absolute atomic E-state index is 12.8. The highest BCUT2D eigenvalue weighted by Gasteiger charge is 2.32. The van der Waals surface area contributed by atoms with Crippen LogP contribution in [-0.2, 0) is 11.8 Å². The minimum absolute atomic E-state index is 0.0203. The predicted octanol–water partition coefficient (Wildman–Crippen LogP) is 2.36. The zero-order chi connectivity index (χ0) is 18.0. The highest BCUT2D eigenvalue weighted by molar-refractivity contribution is 5.75. The average Bonchev–Trinajstić information content (AvgIpc) is 3.02. The molecule has 0 bridgehead atoms. The van der Waals surface area contributed by atoms with E-state index >= 15 is 0 Å². The van der Waals surface area contributed by atoms with Crippen LogP contribution in [0, 0.1) is 6.92 Å². The van der Waals surface area contributed by atoms with Crippen molar-refractivity contribution in [3.05, 3.63) is 47.5 Å². The van der Waals surface area contributed by atoms with Crippen LogP contribution in [0.2, 0.25) is 0 Å². The third kappa shape index (κ3) is 3.66. The van der Waals surface area contributed by atoms with Gasteiger partial charge in [0, 0.05) is 7.05 Å². The summed E-state index contributed by atoms with van der Waals surface area (Å²) in [4.78, 5) is 14.6. The molecule has 3 rings (SSSR count). The molecule has 0 radical (unpaired) electrons. The molecule has 1 N–H and O–H groups in total. The van der Waals surface area contributed by atoms with Crippen LogP contribution >= 0.6 is 0 Å². The lowest BCUT2D eigenvalue weighted by atomic mass is 10.0. The molecule has 1 saturated heterocycles. The Hall–Kier alpha value is -2.41. The second-order valence-corrected chi connectivity index (χ2v) is 6.65. The molecule has 7 nitrogen and oxygen atoms in total. The van der Waals surface area contributed by atoms with Crippen molar-refractivity contribution in [2.75, 3.05) is 13.2 Å². The van der Waals surface area contributed by atoms with Gasteiger partial charge in [0.05, 0.1) is 25.2 Å². The van der Waals surface area contributed by atoms with E-state index < -0.39 is 0 Å². The fourth-order valence-corrected chi connectivity index (χ4v) is 3.19. The number of morpholine rings is 1. The van der Waals surface area contributed by atoms with Crippen LogP contribution in [0.4, 0.5) is 4.79 Å². The third-order valence-electron chi connectivity index (χ3n) is 4.70. The fourth-order valence-electron chi connectivity index (χ4n) is 3.19. The number of amides is 2. The summed E-state index contributed by atoms with van der Waals surface area (Å²) in [6.07, 6.45) is 1.53. The van der Waals surface area contributed by atoms with Gasteiger partial charge in [-0.15, -0.1) is 10.2 Å². The Morgan fingerprint density at radius 1 is 1.40 bits per heavy atom. The van der Waals surface area contributed by atoms with Gasteiger partial charge in [-0.2, -0.15) is 0 Å². The summed E-state index contributed by atoms with van der Waals surface area (Å²) in [6.45, 7) is 7.03. The number of hydrogen-bond donors (Lipinski definition) is 1. The highest BCUT2D eigenvalue weighted by atomic mass is 16.5. The zero-order valence-corrected chi connectivity index (χ0v) is 15.1. The maximum Gasteiger partial charge on any atom is 0.318 e. The third-order valence-corrected chi connectivity index (χ3v) is 4.70. The lowest BCUT2D eigenvalue weighted by Gasteiger charge is -2.39. The standard InChI is InChI=1S/C18H25N5O2/c1-12-7-5-6-8-15(12)16-9-23(13(2)10-25-16)18(24)20-14(3)17-21-19-11-22(17)4/h5-8,11,13-14,16H,9-10H2,1-4H3,(H,20,24)/t13-,14-,16-/m0/s1. The van der Waals surface area contributed by atoms with Gasteiger partial charge in [-0.3, -0.25) is 0 Å². The quantitative estimate of drug-likeness (QED) is 0.928. The first-order chi connectivity index (χ1) is 12.0. The number of carbonyl (C=O) groups is 1. The second kappa shape index (κ2) is 7.23. The molecule has 134 valence electrons. The van der Waals surface area contributed by atoms with Crippen LogP contribution in [0.3, 0.4) is 0 Å². The molecular formula is C18H25N5O2. The Labute approximate surface area is 148 Å². The summed E-state index contributed by atoms with van der Waals surface area (Å²) < 4.78 is 7.80. The number of ether oxygens (including phenoxy) is 1. The first kappa shape index (κ1) is 17.4.